The first kappa shape index (κ1) is 19.0. The summed E-state index contributed by atoms with van der Waals surface area (Å²) in [5.41, 5.74) is 1.87. The third-order valence-corrected chi connectivity index (χ3v) is 4.48. The zero-order valence-corrected chi connectivity index (χ0v) is 15.7. The fourth-order valence-electron chi connectivity index (χ4n) is 2.69. The molecular weight excluding hydrogens is 336 g/mol. The van der Waals surface area contributed by atoms with Crippen LogP contribution < -0.4 is 4.90 Å². The average Bonchev–Trinajstić information content (AvgIpc) is 2.53. The van der Waals surface area contributed by atoms with Crippen LogP contribution in [0.15, 0.2) is 22.7 Å². The predicted molar refractivity (Wildman–Crippen MR) is 99.4 cm³/mol. The first-order valence-electron chi connectivity index (χ1n) is 8.67. The Bertz CT molecular complexity index is 453. The van der Waals surface area contributed by atoms with Crippen molar-refractivity contribution in [1.29, 1.82) is 5.26 Å². The van der Waals surface area contributed by atoms with Gasteiger partial charge in [-0.25, -0.2) is 0 Å². The van der Waals surface area contributed by atoms with E-state index in [9.17, 15) is 5.26 Å². The Labute approximate surface area is 144 Å². The van der Waals surface area contributed by atoms with Crippen molar-refractivity contribution in [3.8, 4) is 6.07 Å². The van der Waals surface area contributed by atoms with Gasteiger partial charge in [0.15, 0.2) is 0 Å². The van der Waals surface area contributed by atoms with E-state index in [4.69, 9.17) is 0 Å². The smallest absolute Gasteiger partial charge is 0.101 e. The maximum Gasteiger partial charge on any atom is 0.101 e. The minimum Gasteiger partial charge on any atom is -0.370 e. The van der Waals surface area contributed by atoms with Crippen molar-refractivity contribution in [2.75, 3.05) is 18.0 Å². The highest BCUT2D eigenvalue weighted by Crippen LogP contribution is 2.25. The van der Waals surface area contributed by atoms with E-state index in [2.05, 4.69) is 46.8 Å². The average molecular weight is 365 g/mol. The molecule has 22 heavy (non-hydrogen) atoms. The van der Waals surface area contributed by atoms with Gasteiger partial charge in [-0.3, -0.25) is 0 Å². The van der Waals surface area contributed by atoms with Crippen LogP contribution in [0.2, 0.25) is 0 Å². The molecule has 0 atom stereocenters. The van der Waals surface area contributed by atoms with Crippen LogP contribution in [0.1, 0.15) is 70.8 Å². The van der Waals surface area contributed by atoms with Crippen molar-refractivity contribution < 1.29 is 0 Å². The molecule has 0 amide bonds. The molecule has 3 heteroatoms. The Balaban J connectivity index is 2.72. The van der Waals surface area contributed by atoms with Gasteiger partial charge in [0.25, 0.3) is 0 Å². The topological polar surface area (TPSA) is 27.0 Å². The van der Waals surface area contributed by atoms with Gasteiger partial charge in [-0.1, -0.05) is 68.3 Å². The lowest BCUT2D eigenvalue weighted by Gasteiger charge is -2.26. The summed E-state index contributed by atoms with van der Waals surface area (Å²) < 4.78 is 0.977. The normalized spacial score (nSPS) is 10.5. The van der Waals surface area contributed by atoms with Crippen LogP contribution in [0.25, 0.3) is 0 Å². The van der Waals surface area contributed by atoms with Gasteiger partial charge >= 0.3 is 0 Å². The standard InChI is InChI=1S/C19H29BrN2/c1-3-5-7-9-13-22(14-10-8-6-4-2)19-12-11-18(20)15-17(19)16-21/h11-12,15H,3-10,13-14H2,1-2H3. The van der Waals surface area contributed by atoms with Crippen LogP contribution in [-0.2, 0) is 0 Å². The van der Waals surface area contributed by atoms with Gasteiger partial charge < -0.3 is 4.90 Å². The van der Waals surface area contributed by atoms with Crippen LogP contribution in [0, 0.1) is 11.3 Å². The van der Waals surface area contributed by atoms with Gasteiger partial charge in [-0.05, 0) is 31.0 Å². The molecule has 0 aromatic heterocycles. The van der Waals surface area contributed by atoms with Crippen molar-refractivity contribution in [3.63, 3.8) is 0 Å². The van der Waals surface area contributed by atoms with E-state index < -0.39 is 0 Å². The molecule has 0 bridgehead atoms. The minimum atomic E-state index is 0.778. The number of hydrogen-bond acceptors (Lipinski definition) is 2. The van der Waals surface area contributed by atoms with Gasteiger partial charge in [-0.15, -0.1) is 0 Å². The lowest BCUT2D eigenvalue weighted by molar-refractivity contribution is 0.608. The summed E-state index contributed by atoms with van der Waals surface area (Å²) in [7, 11) is 0. The van der Waals surface area contributed by atoms with Gasteiger partial charge in [-0.2, -0.15) is 5.26 Å². The summed E-state index contributed by atoms with van der Waals surface area (Å²) in [5.74, 6) is 0. The number of anilines is 1. The van der Waals surface area contributed by atoms with Gasteiger partial charge in [0.05, 0.1) is 11.3 Å². The Morgan fingerprint density at radius 1 is 0.955 bits per heavy atom. The molecule has 0 radical (unpaired) electrons. The molecule has 2 nitrogen and oxygen atoms in total. The van der Waals surface area contributed by atoms with Crippen molar-refractivity contribution >= 4 is 21.6 Å². The van der Waals surface area contributed by atoms with Crippen molar-refractivity contribution in [2.45, 2.75) is 65.2 Å². The molecule has 0 fully saturated rings. The molecule has 0 heterocycles. The lowest BCUT2D eigenvalue weighted by atomic mass is 10.1. The largest absolute Gasteiger partial charge is 0.370 e. The molecule has 0 saturated carbocycles. The van der Waals surface area contributed by atoms with E-state index in [1.54, 1.807) is 0 Å². The number of halogens is 1. The van der Waals surface area contributed by atoms with E-state index in [1.165, 1.54) is 51.4 Å². The fourth-order valence-corrected chi connectivity index (χ4v) is 3.05. The summed E-state index contributed by atoms with van der Waals surface area (Å²) in [6.07, 6.45) is 10.1. The molecule has 0 unspecified atom stereocenters. The molecule has 1 aromatic carbocycles. The van der Waals surface area contributed by atoms with Crippen LogP contribution in [0.4, 0.5) is 5.69 Å². The molecule has 122 valence electrons. The molecular formula is C19H29BrN2. The summed E-state index contributed by atoms with van der Waals surface area (Å²) in [6, 6.07) is 8.41. The Hall–Kier alpha value is -1.01. The predicted octanol–water partition coefficient (Wildman–Crippen LogP) is 6.29. The molecule has 0 aliphatic rings. The number of nitriles is 1. The van der Waals surface area contributed by atoms with Gasteiger partial charge in [0.2, 0.25) is 0 Å². The molecule has 1 rings (SSSR count). The molecule has 0 spiro atoms. The second-order valence-electron chi connectivity index (χ2n) is 5.88. The molecule has 1 aromatic rings. The van der Waals surface area contributed by atoms with E-state index in [-0.39, 0.29) is 0 Å². The monoisotopic (exact) mass is 364 g/mol. The molecule has 0 saturated heterocycles. The maximum absolute atomic E-state index is 9.41. The zero-order chi connectivity index (χ0) is 16.2. The molecule has 0 N–H and O–H groups in total. The maximum atomic E-state index is 9.41. The minimum absolute atomic E-state index is 0.778. The highest BCUT2D eigenvalue weighted by molar-refractivity contribution is 9.10. The third kappa shape index (κ3) is 6.83. The molecule has 0 aliphatic heterocycles. The number of unbranched alkanes of at least 4 members (excludes halogenated alkanes) is 6. The van der Waals surface area contributed by atoms with Gasteiger partial charge in [0, 0.05) is 17.6 Å². The number of hydrogen-bond donors (Lipinski definition) is 0. The Morgan fingerprint density at radius 3 is 2.05 bits per heavy atom. The summed E-state index contributed by atoms with van der Waals surface area (Å²) in [5, 5.41) is 9.41. The first-order valence-corrected chi connectivity index (χ1v) is 9.46. The van der Waals surface area contributed by atoms with E-state index >= 15 is 0 Å². The Kier molecular flexibility index (Phi) is 9.99. The van der Waals surface area contributed by atoms with Crippen LogP contribution >= 0.6 is 15.9 Å². The van der Waals surface area contributed by atoms with Crippen molar-refractivity contribution in [2.24, 2.45) is 0 Å². The van der Waals surface area contributed by atoms with Crippen LogP contribution in [0.3, 0.4) is 0 Å². The summed E-state index contributed by atoms with van der Waals surface area (Å²) >= 11 is 3.46. The van der Waals surface area contributed by atoms with Gasteiger partial charge in [0.1, 0.15) is 6.07 Å². The first-order chi connectivity index (χ1) is 10.7. The fraction of sp³-hybridized carbons (Fsp3) is 0.632. The lowest BCUT2D eigenvalue weighted by Crippen LogP contribution is -2.26. The third-order valence-electron chi connectivity index (χ3n) is 3.98. The molecule has 0 aliphatic carbocycles. The van der Waals surface area contributed by atoms with Crippen LogP contribution in [0.5, 0.6) is 0 Å². The second kappa shape index (κ2) is 11.5. The van der Waals surface area contributed by atoms with E-state index in [1.807, 2.05) is 12.1 Å². The number of rotatable bonds is 11. The zero-order valence-electron chi connectivity index (χ0n) is 14.1. The summed E-state index contributed by atoms with van der Waals surface area (Å²) in [4.78, 5) is 2.41. The quantitative estimate of drug-likeness (QED) is 0.431. The highest BCUT2D eigenvalue weighted by atomic mass is 79.9. The summed E-state index contributed by atoms with van der Waals surface area (Å²) in [6.45, 7) is 6.60. The Morgan fingerprint density at radius 2 is 1.55 bits per heavy atom. The van der Waals surface area contributed by atoms with Crippen molar-refractivity contribution in [3.05, 3.63) is 28.2 Å². The number of nitrogens with zero attached hydrogens (tertiary/aromatic N) is 2. The highest BCUT2D eigenvalue weighted by Gasteiger charge is 2.11. The SMILES string of the molecule is CCCCCCN(CCCCCC)c1ccc(Br)cc1C#N. The van der Waals surface area contributed by atoms with Crippen molar-refractivity contribution in [1.82, 2.24) is 0 Å². The second-order valence-corrected chi connectivity index (χ2v) is 6.80. The van der Waals surface area contributed by atoms with E-state index in [0.717, 1.165) is 28.8 Å². The van der Waals surface area contributed by atoms with E-state index in [0.29, 0.717) is 0 Å². The number of benzene rings is 1. The van der Waals surface area contributed by atoms with Crippen LogP contribution in [-0.4, -0.2) is 13.1 Å².